The molecule has 2 amide bonds. The van der Waals surface area contributed by atoms with Crippen molar-refractivity contribution in [2.24, 2.45) is 0 Å². The van der Waals surface area contributed by atoms with E-state index in [2.05, 4.69) is 20.3 Å². The van der Waals surface area contributed by atoms with E-state index in [0.29, 0.717) is 36.7 Å². The van der Waals surface area contributed by atoms with E-state index in [1.165, 1.54) is 12.3 Å². The number of amides is 2. The summed E-state index contributed by atoms with van der Waals surface area (Å²) < 4.78 is 62.6. The number of nitrogens with zero attached hydrogens (tertiary/aromatic N) is 6. The van der Waals surface area contributed by atoms with Gasteiger partial charge in [-0.3, -0.25) is 14.0 Å². The summed E-state index contributed by atoms with van der Waals surface area (Å²) in [5, 5.41) is 2.24. The molecular weight excluding hydrogens is 572 g/mol. The number of fused-ring (bicyclic) bond motifs is 2. The van der Waals surface area contributed by atoms with Crippen LogP contribution in [-0.2, 0) is 11.0 Å². The first-order chi connectivity index (χ1) is 20.5. The van der Waals surface area contributed by atoms with Crippen LogP contribution in [0.4, 0.5) is 29.2 Å². The highest BCUT2D eigenvalue weighted by Gasteiger charge is 2.39. The second kappa shape index (κ2) is 10.8. The normalized spacial score (nSPS) is 18.6. The Morgan fingerprint density at radius 3 is 2.74 bits per heavy atom. The van der Waals surface area contributed by atoms with Crippen molar-refractivity contribution < 1.29 is 31.9 Å². The summed E-state index contributed by atoms with van der Waals surface area (Å²) in [6.45, 7) is 2.25. The Balaban J connectivity index is 1.40. The van der Waals surface area contributed by atoms with E-state index in [1.54, 1.807) is 17.5 Å². The van der Waals surface area contributed by atoms with Gasteiger partial charge in [-0.2, -0.15) is 13.2 Å². The minimum absolute atomic E-state index is 0.0282. The van der Waals surface area contributed by atoms with Crippen LogP contribution in [0.5, 0.6) is 5.75 Å². The summed E-state index contributed by atoms with van der Waals surface area (Å²) >= 11 is 0. The van der Waals surface area contributed by atoms with Crippen LogP contribution >= 0.6 is 0 Å². The summed E-state index contributed by atoms with van der Waals surface area (Å²) in [6.07, 6.45) is 2.05. The molecule has 5 heterocycles. The number of piperidine rings is 1. The van der Waals surface area contributed by atoms with Gasteiger partial charge in [0.1, 0.15) is 52.3 Å². The van der Waals surface area contributed by atoms with E-state index in [0.717, 1.165) is 25.3 Å². The van der Waals surface area contributed by atoms with Crippen molar-refractivity contribution in [1.29, 1.82) is 0 Å². The SMILES string of the molecule is CCOc1cc(C(=O)Nc2cc(C(F)(F)F)ncn2)cc(F)c1-c1nc([C@@H]2CC[C@H]3CCC(=O)N3C2)n2ccnc(N)c12. The third-order valence-electron chi connectivity index (χ3n) is 7.75. The standard InChI is InChI=1S/C28H26F4N8O3/c1-2-43-18-10-15(27(42)37-20-11-19(28(30,31)32)35-13-36-20)9-17(29)22(18)23-24-25(33)34-7-8-39(24)26(38-23)14-3-4-16-5-6-21(41)40(16)12-14/h7-11,13-14,16H,2-6,12H2,1H3,(H2,33,34)(H,35,36,37,42)/t14-,16+/m1/s1. The Labute approximate surface area is 242 Å². The molecule has 11 nitrogen and oxygen atoms in total. The smallest absolute Gasteiger partial charge is 0.433 e. The van der Waals surface area contributed by atoms with E-state index < -0.39 is 29.4 Å². The number of nitrogen functional groups attached to an aromatic ring is 1. The zero-order valence-electron chi connectivity index (χ0n) is 22.9. The minimum atomic E-state index is -4.75. The molecule has 2 saturated heterocycles. The summed E-state index contributed by atoms with van der Waals surface area (Å²) in [5.74, 6) is -1.58. The van der Waals surface area contributed by atoms with Crippen LogP contribution in [0.1, 0.15) is 60.4 Å². The average molecular weight is 599 g/mol. The maximum atomic E-state index is 16.0. The number of nitrogens with one attached hydrogen (secondary N) is 1. The third kappa shape index (κ3) is 5.19. The van der Waals surface area contributed by atoms with E-state index in [9.17, 15) is 22.8 Å². The van der Waals surface area contributed by atoms with E-state index in [-0.39, 0.29) is 52.9 Å². The highest BCUT2D eigenvalue weighted by Crippen LogP contribution is 2.41. The molecule has 0 saturated carbocycles. The molecule has 3 N–H and O–H groups in total. The summed E-state index contributed by atoms with van der Waals surface area (Å²) in [4.78, 5) is 43.1. The van der Waals surface area contributed by atoms with Gasteiger partial charge in [0.05, 0.1) is 12.2 Å². The lowest BCUT2D eigenvalue weighted by atomic mass is 9.92. The molecule has 224 valence electrons. The molecule has 43 heavy (non-hydrogen) atoms. The molecule has 0 bridgehead atoms. The molecule has 1 aromatic carbocycles. The van der Waals surface area contributed by atoms with Crippen molar-refractivity contribution >= 4 is 29.0 Å². The van der Waals surface area contributed by atoms with Gasteiger partial charge in [0.2, 0.25) is 5.91 Å². The fourth-order valence-electron chi connectivity index (χ4n) is 5.81. The lowest BCUT2D eigenvalue weighted by molar-refractivity contribution is -0.141. The Morgan fingerprint density at radius 2 is 1.98 bits per heavy atom. The molecule has 15 heteroatoms. The van der Waals surface area contributed by atoms with E-state index in [1.807, 2.05) is 4.90 Å². The first-order valence-corrected chi connectivity index (χ1v) is 13.6. The molecular formula is C28H26F4N8O3. The van der Waals surface area contributed by atoms with Crippen LogP contribution in [-0.4, -0.2) is 60.2 Å². The third-order valence-corrected chi connectivity index (χ3v) is 7.75. The van der Waals surface area contributed by atoms with Crippen LogP contribution < -0.4 is 15.8 Å². The number of ether oxygens (including phenoxy) is 1. The molecule has 0 radical (unpaired) electrons. The van der Waals surface area contributed by atoms with E-state index in [4.69, 9.17) is 15.5 Å². The van der Waals surface area contributed by atoms with Gasteiger partial charge in [0, 0.05) is 48.9 Å². The number of imidazole rings is 1. The monoisotopic (exact) mass is 598 g/mol. The number of halogens is 4. The second-order valence-corrected chi connectivity index (χ2v) is 10.4. The van der Waals surface area contributed by atoms with Gasteiger partial charge in [0.25, 0.3) is 5.91 Å². The number of carbonyl (C=O) groups excluding carboxylic acids is 2. The number of aromatic nitrogens is 5. The Kier molecular flexibility index (Phi) is 7.10. The van der Waals surface area contributed by atoms with Gasteiger partial charge in [-0.25, -0.2) is 24.3 Å². The molecule has 3 aromatic heterocycles. The topological polar surface area (TPSA) is 141 Å². The maximum absolute atomic E-state index is 16.0. The molecule has 2 aliphatic rings. The van der Waals surface area contributed by atoms with Gasteiger partial charge in [-0.1, -0.05) is 0 Å². The fraction of sp³-hybridized carbons (Fsp3) is 0.357. The van der Waals surface area contributed by atoms with Crippen molar-refractivity contribution in [2.45, 2.75) is 50.7 Å². The number of rotatable bonds is 6. The summed E-state index contributed by atoms with van der Waals surface area (Å²) in [5.41, 5.74) is 5.22. The fourth-order valence-corrected chi connectivity index (χ4v) is 5.81. The van der Waals surface area contributed by atoms with Crippen LogP contribution in [0.2, 0.25) is 0 Å². The Hall–Kier alpha value is -4.82. The first kappa shape index (κ1) is 28.3. The summed E-state index contributed by atoms with van der Waals surface area (Å²) in [7, 11) is 0. The molecule has 6 rings (SSSR count). The number of nitrogens with two attached hydrogens (primary N) is 1. The number of carbonyl (C=O) groups is 2. The van der Waals surface area contributed by atoms with Crippen molar-refractivity contribution in [3.05, 3.63) is 59.8 Å². The van der Waals surface area contributed by atoms with Crippen LogP contribution in [0.3, 0.4) is 0 Å². The summed E-state index contributed by atoms with van der Waals surface area (Å²) in [6, 6.07) is 2.99. The van der Waals surface area contributed by atoms with Crippen molar-refractivity contribution in [1.82, 2.24) is 29.2 Å². The largest absolute Gasteiger partial charge is 0.493 e. The zero-order valence-corrected chi connectivity index (χ0v) is 22.9. The van der Waals surface area contributed by atoms with Gasteiger partial charge < -0.3 is 20.7 Å². The predicted molar refractivity (Wildman–Crippen MR) is 146 cm³/mol. The molecule has 4 aromatic rings. The number of hydrogen-bond acceptors (Lipinski definition) is 8. The quantitative estimate of drug-likeness (QED) is 0.311. The predicted octanol–water partition coefficient (Wildman–Crippen LogP) is 4.45. The Morgan fingerprint density at radius 1 is 1.16 bits per heavy atom. The molecule has 2 atom stereocenters. The van der Waals surface area contributed by atoms with Crippen molar-refractivity contribution in [2.75, 3.05) is 24.2 Å². The lowest BCUT2D eigenvalue weighted by Gasteiger charge is -2.34. The zero-order chi connectivity index (χ0) is 30.5. The Bertz CT molecular complexity index is 1740. The number of benzene rings is 1. The van der Waals surface area contributed by atoms with Gasteiger partial charge in [-0.05, 0) is 38.3 Å². The van der Waals surface area contributed by atoms with E-state index >= 15 is 4.39 Å². The number of hydrogen-bond donors (Lipinski definition) is 2. The molecule has 0 aliphatic carbocycles. The van der Waals surface area contributed by atoms with Crippen LogP contribution in [0.15, 0.2) is 36.9 Å². The average Bonchev–Trinajstić information content (AvgIpc) is 3.54. The van der Waals surface area contributed by atoms with Crippen LogP contribution in [0.25, 0.3) is 16.8 Å². The molecule has 0 spiro atoms. The highest BCUT2D eigenvalue weighted by molar-refractivity contribution is 6.05. The van der Waals surface area contributed by atoms with Crippen molar-refractivity contribution in [3.8, 4) is 17.0 Å². The number of anilines is 2. The molecule has 2 aliphatic heterocycles. The van der Waals surface area contributed by atoms with Gasteiger partial charge >= 0.3 is 6.18 Å². The van der Waals surface area contributed by atoms with Gasteiger partial charge in [0.15, 0.2) is 0 Å². The molecule has 0 unspecified atom stereocenters. The van der Waals surface area contributed by atoms with Crippen molar-refractivity contribution in [3.63, 3.8) is 0 Å². The second-order valence-electron chi connectivity index (χ2n) is 10.4. The maximum Gasteiger partial charge on any atom is 0.433 e. The minimum Gasteiger partial charge on any atom is -0.493 e. The van der Waals surface area contributed by atoms with Crippen LogP contribution in [0, 0.1) is 5.82 Å². The number of alkyl halides is 3. The highest BCUT2D eigenvalue weighted by atomic mass is 19.4. The lowest BCUT2D eigenvalue weighted by Crippen LogP contribution is -2.41. The molecule has 2 fully saturated rings. The van der Waals surface area contributed by atoms with Gasteiger partial charge in [-0.15, -0.1) is 0 Å². The first-order valence-electron chi connectivity index (χ1n) is 13.6.